The largest absolute Gasteiger partial charge is 0.356 e. The van der Waals surface area contributed by atoms with Crippen LogP contribution in [0, 0.1) is 0 Å². The number of pyridine rings is 1. The van der Waals surface area contributed by atoms with E-state index in [-0.39, 0.29) is 5.75 Å². The topological polar surface area (TPSA) is 50.3 Å². The third-order valence-electron chi connectivity index (χ3n) is 2.85. The number of anilines is 1. The van der Waals surface area contributed by atoms with Crippen LogP contribution in [0.3, 0.4) is 0 Å². The zero-order valence-electron chi connectivity index (χ0n) is 9.47. The molecule has 1 aromatic heterocycles. The van der Waals surface area contributed by atoms with Crippen LogP contribution in [-0.2, 0) is 14.8 Å². The molecule has 0 N–H and O–H groups in total. The fourth-order valence-electron chi connectivity index (χ4n) is 2.12. The van der Waals surface area contributed by atoms with Crippen LogP contribution in [0.1, 0.15) is 24.8 Å². The number of nitrogens with zero attached hydrogens (tertiary/aromatic N) is 2. The summed E-state index contributed by atoms with van der Waals surface area (Å²) in [6, 6.07) is 3.52. The number of halogens is 1. The first-order valence-electron chi connectivity index (χ1n) is 5.67. The molecule has 0 unspecified atom stereocenters. The van der Waals surface area contributed by atoms with Crippen molar-refractivity contribution in [1.82, 2.24) is 4.98 Å². The van der Waals surface area contributed by atoms with Gasteiger partial charge >= 0.3 is 0 Å². The Bertz CT molecular complexity index is 484. The van der Waals surface area contributed by atoms with Crippen LogP contribution in [-0.4, -0.2) is 26.5 Å². The van der Waals surface area contributed by atoms with Crippen LogP contribution in [0.4, 0.5) is 5.82 Å². The standard InChI is InChI=1S/C11H15ClN2O2S/c12-17(15,16)9-10-5-4-6-13-11(10)14-7-2-1-3-8-14/h4-6H,1-3,7-9H2. The van der Waals surface area contributed by atoms with Crippen molar-refractivity contribution < 1.29 is 8.42 Å². The van der Waals surface area contributed by atoms with Crippen molar-refractivity contribution in [3.8, 4) is 0 Å². The molecule has 2 heterocycles. The van der Waals surface area contributed by atoms with E-state index in [1.54, 1.807) is 18.3 Å². The van der Waals surface area contributed by atoms with Gasteiger partial charge in [-0.15, -0.1) is 0 Å². The second-order valence-corrected chi connectivity index (χ2v) is 6.99. The molecule has 1 aliphatic rings. The fraction of sp³-hybridized carbons (Fsp3) is 0.545. The number of hydrogen-bond donors (Lipinski definition) is 0. The third kappa shape index (κ3) is 3.57. The second kappa shape index (κ2) is 5.23. The maximum absolute atomic E-state index is 11.2. The molecule has 0 amide bonds. The lowest BCUT2D eigenvalue weighted by atomic mass is 10.1. The smallest absolute Gasteiger partial charge is 0.236 e. The molecular formula is C11H15ClN2O2S. The minimum atomic E-state index is -3.53. The summed E-state index contributed by atoms with van der Waals surface area (Å²) in [6.07, 6.45) is 5.17. The minimum Gasteiger partial charge on any atom is -0.356 e. The number of rotatable bonds is 3. The summed E-state index contributed by atoms with van der Waals surface area (Å²) in [5.41, 5.74) is 0.685. The van der Waals surface area contributed by atoms with Gasteiger partial charge < -0.3 is 4.90 Å². The first kappa shape index (κ1) is 12.6. The fourth-order valence-corrected chi connectivity index (χ4v) is 3.07. The van der Waals surface area contributed by atoms with Gasteiger partial charge in [0.05, 0.1) is 5.75 Å². The van der Waals surface area contributed by atoms with Gasteiger partial charge in [0.15, 0.2) is 0 Å². The van der Waals surface area contributed by atoms with Crippen LogP contribution in [0.5, 0.6) is 0 Å². The average molecular weight is 275 g/mol. The third-order valence-corrected chi connectivity index (χ3v) is 3.83. The summed E-state index contributed by atoms with van der Waals surface area (Å²) < 4.78 is 22.3. The van der Waals surface area contributed by atoms with E-state index >= 15 is 0 Å². The van der Waals surface area contributed by atoms with Crippen molar-refractivity contribution in [2.45, 2.75) is 25.0 Å². The molecule has 6 heteroatoms. The van der Waals surface area contributed by atoms with E-state index in [1.165, 1.54) is 6.42 Å². The van der Waals surface area contributed by atoms with Crippen molar-refractivity contribution >= 4 is 25.6 Å². The monoisotopic (exact) mass is 274 g/mol. The van der Waals surface area contributed by atoms with E-state index in [4.69, 9.17) is 10.7 Å². The van der Waals surface area contributed by atoms with E-state index in [0.717, 1.165) is 31.7 Å². The van der Waals surface area contributed by atoms with Gasteiger partial charge in [-0.25, -0.2) is 13.4 Å². The second-order valence-electron chi connectivity index (χ2n) is 4.22. The lowest BCUT2D eigenvalue weighted by Crippen LogP contribution is -2.31. The summed E-state index contributed by atoms with van der Waals surface area (Å²) in [5, 5.41) is 0. The number of aromatic nitrogens is 1. The normalized spacial score (nSPS) is 17.1. The van der Waals surface area contributed by atoms with Gasteiger partial charge in [0, 0.05) is 35.5 Å². The summed E-state index contributed by atoms with van der Waals surface area (Å²) in [6.45, 7) is 1.87. The van der Waals surface area contributed by atoms with Gasteiger partial charge in [-0.2, -0.15) is 0 Å². The molecule has 17 heavy (non-hydrogen) atoms. The van der Waals surface area contributed by atoms with E-state index in [2.05, 4.69) is 9.88 Å². The van der Waals surface area contributed by atoms with E-state index in [0.29, 0.717) is 5.56 Å². The first-order chi connectivity index (χ1) is 8.06. The Labute approximate surface area is 106 Å². The van der Waals surface area contributed by atoms with E-state index in [9.17, 15) is 8.42 Å². The zero-order chi connectivity index (χ0) is 12.3. The lowest BCUT2D eigenvalue weighted by molar-refractivity contribution is 0.572. The maximum atomic E-state index is 11.2. The molecule has 0 spiro atoms. The van der Waals surface area contributed by atoms with Crippen molar-refractivity contribution in [3.63, 3.8) is 0 Å². The highest BCUT2D eigenvalue weighted by Crippen LogP contribution is 2.23. The average Bonchev–Trinajstić information content (AvgIpc) is 2.29. The molecule has 0 aromatic carbocycles. The van der Waals surface area contributed by atoms with Crippen molar-refractivity contribution in [3.05, 3.63) is 23.9 Å². The summed E-state index contributed by atoms with van der Waals surface area (Å²) in [5.74, 6) is 0.602. The molecule has 0 radical (unpaired) electrons. The van der Waals surface area contributed by atoms with Crippen LogP contribution in [0.2, 0.25) is 0 Å². The Balaban J connectivity index is 2.26. The molecule has 0 bridgehead atoms. The van der Waals surface area contributed by atoms with Crippen molar-refractivity contribution in [1.29, 1.82) is 0 Å². The molecule has 1 fully saturated rings. The predicted octanol–water partition coefficient (Wildman–Crippen LogP) is 2.14. The van der Waals surface area contributed by atoms with Gasteiger partial charge in [-0.1, -0.05) is 6.07 Å². The molecule has 1 aliphatic heterocycles. The highest BCUT2D eigenvalue weighted by molar-refractivity contribution is 8.13. The Morgan fingerprint density at radius 3 is 2.65 bits per heavy atom. The molecule has 94 valence electrons. The highest BCUT2D eigenvalue weighted by Gasteiger charge is 2.18. The maximum Gasteiger partial charge on any atom is 0.236 e. The van der Waals surface area contributed by atoms with E-state index in [1.807, 2.05) is 0 Å². The Kier molecular flexibility index (Phi) is 3.89. The van der Waals surface area contributed by atoms with Crippen molar-refractivity contribution in [2.24, 2.45) is 0 Å². The Morgan fingerprint density at radius 1 is 1.29 bits per heavy atom. The van der Waals surface area contributed by atoms with E-state index < -0.39 is 9.05 Å². The van der Waals surface area contributed by atoms with Crippen molar-refractivity contribution in [2.75, 3.05) is 18.0 Å². The first-order valence-corrected chi connectivity index (χ1v) is 8.15. The molecule has 4 nitrogen and oxygen atoms in total. The summed E-state index contributed by atoms with van der Waals surface area (Å²) in [7, 11) is 1.77. The Hall–Kier alpha value is -0.810. The lowest BCUT2D eigenvalue weighted by Gasteiger charge is -2.29. The zero-order valence-corrected chi connectivity index (χ0v) is 11.0. The molecule has 0 atom stereocenters. The van der Waals surface area contributed by atoms with Crippen LogP contribution in [0.25, 0.3) is 0 Å². The van der Waals surface area contributed by atoms with Gasteiger partial charge in [-0.05, 0) is 25.3 Å². The predicted molar refractivity (Wildman–Crippen MR) is 68.8 cm³/mol. The SMILES string of the molecule is O=S(=O)(Cl)Cc1cccnc1N1CCCCC1. The molecule has 0 aliphatic carbocycles. The van der Waals surface area contributed by atoms with Crippen LogP contribution in [0.15, 0.2) is 18.3 Å². The van der Waals surface area contributed by atoms with Gasteiger partial charge in [-0.3, -0.25) is 0 Å². The van der Waals surface area contributed by atoms with Gasteiger partial charge in [0.2, 0.25) is 9.05 Å². The minimum absolute atomic E-state index is 0.159. The summed E-state index contributed by atoms with van der Waals surface area (Å²) >= 11 is 0. The molecule has 1 aromatic rings. The highest BCUT2D eigenvalue weighted by atomic mass is 35.7. The van der Waals surface area contributed by atoms with Crippen LogP contribution < -0.4 is 4.90 Å². The molecule has 2 rings (SSSR count). The van der Waals surface area contributed by atoms with Gasteiger partial charge in [0.1, 0.15) is 5.82 Å². The Morgan fingerprint density at radius 2 is 2.00 bits per heavy atom. The summed E-state index contributed by atoms with van der Waals surface area (Å²) in [4.78, 5) is 6.43. The molecule has 1 saturated heterocycles. The van der Waals surface area contributed by atoms with Crippen LogP contribution >= 0.6 is 10.7 Å². The quantitative estimate of drug-likeness (QED) is 0.793. The number of hydrogen-bond acceptors (Lipinski definition) is 4. The van der Waals surface area contributed by atoms with Gasteiger partial charge in [0.25, 0.3) is 0 Å². The molecule has 0 saturated carbocycles. The molecular weight excluding hydrogens is 260 g/mol. The number of piperidine rings is 1.